The van der Waals surface area contributed by atoms with Gasteiger partial charge < -0.3 is 15.2 Å². The van der Waals surface area contributed by atoms with Gasteiger partial charge in [-0.2, -0.15) is 5.10 Å². The van der Waals surface area contributed by atoms with Gasteiger partial charge in [-0.25, -0.2) is 4.68 Å². The van der Waals surface area contributed by atoms with Crippen molar-refractivity contribution in [1.82, 2.24) is 15.1 Å². The van der Waals surface area contributed by atoms with Crippen LogP contribution in [0.1, 0.15) is 28.8 Å². The average molecular weight is 329 g/mol. The number of carbonyl (C=O) groups is 2. The summed E-state index contributed by atoms with van der Waals surface area (Å²) in [5.74, 6) is -1.25. The molecule has 1 aliphatic heterocycles. The van der Waals surface area contributed by atoms with Crippen LogP contribution in [-0.4, -0.2) is 45.5 Å². The Morgan fingerprint density at radius 1 is 1.46 bits per heavy atom. The maximum Gasteiger partial charge on any atom is 0.305 e. The SMILES string of the molecule is Cc1cc(C(=O)NC2(CC(=O)O)CCOC2)ccc1-n1cccn1. The Bertz CT molecular complexity index is 749. The molecule has 1 atom stereocenters. The summed E-state index contributed by atoms with van der Waals surface area (Å²) in [7, 11) is 0. The van der Waals surface area contributed by atoms with Gasteiger partial charge in [0.1, 0.15) is 0 Å². The number of carboxylic acid groups (broad SMARTS) is 1. The zero-order valence-electron chi connectivity index (χ0n) is 13.4. The molecular weight excluding hydrogens is 310 g/mol. The van der Waals surface area contributed by atoms with Gasteiger partial charge in [-0.1, -0.05) is 0 Å². The number of aromatic nitrogens is 2. The first kappa shape index (κ1) is 16.2. The highest BCUT2D eigenvalue weighted by atomic mass is 16.5. The van der Waals surface area contributed by atoms with E-state index >= 15 is 0 Å². The number of amides is 1. The first-order chi connectivity index (χ1) is 11.5. The molecule has 1 amide bonds. The second-order valence-corrected chi connectivity index (χ2v) is 6.06. The van der Waals surface area contributed by atoms with Gasteiger partial charge in [0.2, 0.25) is 0 Å². The minimum Gasteiger partial charge on any atom is -0.481 e. The van der Waals surface area contributed by atoms with Crippen LogP contribution < -0.4 is 5.32 Å². The van der Waals surface area contributed by atoms with Gasteiger partial charge in [0.15, 0.2) is 0 Å². The number of nitrogens with zero attached hydrogens (tertiary/aromatic N) is 2. The summed E-state index contributed by atoms with van der Waals surface area (Å²) in [6.45, 7) is 2.57. The zero-order valence-corrected chi connectivity index (χ0v) is 13.4. The van der Waals surface area contributed by atoms with Crippen molar-refractivity contribution < 1.29 is 19.4 Å². The number of rotatable bonds is 5. The van der Waals surface area contributed by atoms with Gasteiger partial charge in [0.05, 0.1) is 24.3 Å². The lowest BCUT2D eigenvalue weighted by atomic mass is 9.93. The normalized spacial score (nSPS) is 20.0. The molecule has 3 rings (SSSR count). The molecule has 1 unspecified atom stereocenters. The Hall–Kier alpha value is -2.67. The van der Waals surface area contributed by atoms with Crippen LogP contribution >= 0.6 is 0 Å². The highest BCUT2D eigenvalue weighted by Crippen LogP contribution is 2.24. The van der Waals surface area contributed by atoms with Crippen LogP contribution in [0.3, 0.4) is 0 Å². The van der Waals surface area contributed by atoms with E-state index < -0.39 is 11.5 Å². The molecule has 0 radical (unpaired) electrons. The molecule has 0 aliphatic carbocycles. The summed E-state index contributed by atoms with van der Waals surface area (Å²) in [5.41, 5.74) is 1.44. The van der Waals surface area contributed by atoms with Crippen molar-refractivity contribution >= 4 is 11.9 Å². The predicted octanol–water partition coefficient (Wildman–Crippen LogP) is 1.54. The van der Waals surface area contributed by atoms with E-state index in [1.807, 2.05) is 25.3 Å². The van der Waals surface area contributed by atoms with E-state index in [1.165, 1.54) is 0 Å². The van der Waals surface area contributed by atoms with Crippen molar-refractivity contribution in [2.75, 3.05) is 13.2 Å². The molecular formula is C17H19N3O4. The maximum absolute atomic E-state index is 12.6. The van der Waals surface area contributed by atoms with E-state index in [0.29, 0.717) is 18.6 Å². The molecule has 2 heterocycles. The molecule has 0 bridgehead atoms. The second-order valence-electron chi connectivity index (χ2n) is 6.06. The molecule has 1 fully saturated rings. The van der Waals surface area contributed by atoms with Crippen LogP contribution in [0.2, 0.25) is 0 Å². The van der Waals surface area contributed by atoms with Gasteiger partial charge in [-0.3, -0.25) is 9.59 Å². The molecule has 0 spiro atoms. The van der Waals surface area contributed by atoms with Crippen molar-refractivity contribution in [1.29, 1.82) is 0 Å². The number of nitrogens with one attached hydrogen (secondary N) is 1. The Labute approximate surface area is 139 Å². The third-order valence-corrected chi connectivity index (χ3v) is 4.18. The first-order valence-electron chi connectivity index (χ1n) is 7.72. The van der Waals surface area contributed by atoms with Gasteiger partial charge >= 0.3 is 5.97 Å². The Kier molecular flexibility index (Phi) is 4.35. The molecule has 1 aromatic carbocycles. The lowest BCUT2D eigenvalue weighted by molar-refractivity contribution is -0.138. The Morgan fingerprint density at radius 2 is 2.29 bits per heavy atom. The minimum atomic E-state index is -0.953. The zero-order chi connectivity index (χ0) is 17.2. The smallest absolute Gasteiger partial charge is 0.305 e. The second kappa shape index (κ2) is 6.45. The van der Waals surface area contributed by atoms with E-state index in [0.717, 1.165) is 11.3 Å². The fourth-order valence-electron chi connectivity index (χ4n) is 2.96. The number of carbonyl (C=O) groups excluding carboxylic acids is 1. The Balaban J connectivity index is 1.80. The molecule has 1 saturated heterocycles. The van der Waals surface area contributed by atoms with E-state index in [2.05, 4.69) is 10.4 Å². The third-order valence-electron chi connectivity index (χ3n) is 4.18. The largest absolute Gasteiger partial charge is 0.481 e. The molecule has 0 saturated carbocycles. The first-order valence-corrected chi connectivity index (χ1v) is 7.72. The molecule has 1 aromatic heterocycles. The molecule has 24 heavy (non-hydrogen) atoms. The van der Waals surface area contributed by atoms with Gasteiger partial charge in [-0.05, 0) is 43.2 Å². The van der Waals surface area contributed by atoms with Crippen molar-refractivity contribution in [3.8, 4) is 5.69 Å². The van der Waals surface area contributed by atoms with Crippen LogP contribution in [0.25, 0.3) is 5.69 Å². The highest BCUT2D eigenvalue weighted by Gasteiger charge is 2.38. The number of hydrogen-bond acceptors (Lipinski definition) is 4. The summed E-state index contributed by atoms with van der Waals surface area (Å²) in [5, 5.41) is 16.1. The van der Waals surface area contributed by atoms with Crippen LogP contribution in [0.4, 0.5) is 0 Å². The van der Waals surface area contributed by atoms with Crippen molar-refractivity contribution in [2.24, 2.45) is 0 Å². The fraction of sp³-hybridized carbons (Fsp3) is 0.353. The van der Waals surface area contributed by atoms with Crippen LogP contribution in [0, 0.1) is 6.92 Å². The number of aryl methyl sites for hydroxylation is 1. The maximum atomic E-state index is 12.6. The number of aliphatic carboxylic acids is 1. The monoisotopic (exact) mass is 329 g/mol. The quantitative estimate of drug-likeness (QED) is 0.868. The van der Waals surface area contributed by atoms with Gasteiger partial charge in [0, 0.05) is 24.6 Å². The molecule has 7 nitrogen and oxygen atoms in total. The minimum absolute atomic E-state index is 0.150. The summed E-state index contributed by atoms with van der Waals surface area (Å²) in [4.78, 5) is 23.6. The summed E-state index contributed by atoms with van der Waals surface area (Å²) >= 11 is 0. The van der Waals surface area contributed by atoms with Gasteiger partial charge in [-0.15, -0.1) is 0 Å². The standard InChI is InChI=1S/C17H19N3O4/c1-12-9-13(3-4-14(12)20-7-2-6-18-20)16(23)19-17(10-15(21)22)5-8-24-11-17/h2-4,6-7,9H,5,8,10-11H2,1H3,(H,19,23)(H,21,22). The highest BCUT2D eigenvalue weighted by molar-refractivity contribution is 5.95. The van der Waals surface area contributed by atoms with Gasteiger partial charge in [0.25, 0.3) is 5.91 Å². The fourth-order valence-corrected chi connectivity index (χ4v) is 2.96. The topological polar surface area (TPSA) is 93.5 Å². The number of benzene rings is 1. The average Bonchev–Trinajstić information content (AvgIpc) is 3.18. The van der Waals surface area contributed by atoms with E-state index in [4.69, 9.17) is 9.84 Å². The van der Waals surface area contributed by atoms with E-state index in [1.54, 1.807) is 23.0 Å². The lowest BCUT2D eigenvalue weighted by Gasteiger charge is -2.27. The number of ether oxygens (including phenoxy) is 1. The molecule has 7 heteroatoms. The Morgan fingerprint density at radius 3 is 2.88 bits per heavy atom. The van der Waals surface area contributed by atoms with E-state index in [-0.39, 0.29) is 18.9 Å². The van der Waals surface area contributed by atoms with E-state index in [9.17, 15) is 9.59 Å². The van der Waals surface area contributed by atoms with Crippen LogP contribution in [0.15, 0.2) is 36.7 Å². The van der Waals surface area contributed by atoms with Crippen molar-refractivity contribution in [3.05, 3.63) is 47.8 Å². The molecule has 126 valence electrons. The molecule has 1 aliphatic rings. The van der Waals surface area contributed by atoms with Crippen LogP contribution in [-0.2, 0) is 9.53 Å². The summed E-state index contributed by atoms with van der Waals surface area (Å²) in [6.07, 6.45) is 3.87. The third kappa shape index (κ3) is 3.30. The van der Waals surface area contributed by atoms with Crippen molar-refractivity contribution in [3.63, 3.8) is 0 Å². The van der Waals surface area contributed by atoms with Crippen LogP contribution in [0.5, 0.6) is 0 Å². The predicted molar refractivity (Wildman–Crippen MR) is 86.2 cm³/mol. The lowest BCUT2D eigenvalue weighted by Crippen LogP contribution is -2.50. The summed E-state index contributed by atoms with van der Waals surface area (Å²) < 4.78 is 7.03. The number of carboxylic acids is 1. The van der Waals surface area contributed by atoms with Crippen molar-refractivity contribution in [2.45, 2.75) is 25.3 Å². The number of hydrogen-bond donors (Lipinski definition) is 2. The summed E-state index contributed by atoms with van der Waals surface area (Å²) in [6, 6.07) is 7.14. The molecule has 2 aromatic rings. The molecule has 2 N–H and O–H groups in total.